The molecule has 1 N–H and O–H groups in total. The van der Waals surface area contributed by atoms with Gasteiger partial charge in [-0.25, -0.2) is 0 Å². The van der Waals surface area contributed by atoms with Crippen LogP contribution in [0.5, 0.6) is 5.75 Å². The molecule has 2 rings (SSSR count). The van der Waals surface area contributed by atoms with Crippen LogP contribution in [0.2, 0.25) is 0 Å². The van der Waals surface area contributed by atoms with Crippen molar-refractivity contribution in [3.63, 3.8) is 0 Å². The first-order valence-corrected chi connectivity index (χ1v) is 7.16. The van der Waals surface area contributed by atoms with E-state index in [-0.39, 0.29) is 0 Å². The Balaban J connectivity index is 1.73. The van der Waals surface area contributed by atoms with Crippen molar-refractivity contribution in [1.82, 2.24) is 0 Å². The lowest BCUT2D eigenvalue weighted by atomic mass is 10.1. The monoisotopic (exact) mass is 269 g/mol. The number of para-hydroxylation sites is 1. The molecule has 0 aliphatic heterocycles. The molecule has 0 saturated heterocycles. The minimum absolute atomic E-state index is 0.737. The van der Waals surface area contributed by atoms with Crippen LogP contribution in [0, 0.1) is 20.8 Å². The van der Waals surface area contributed by atoms with Gasteiger partial charge >= 0.3 is 0 Å². The van der Waals surface area contributed by atoms with E-state index in [2.05, 4.69) is 56.4 Å². The Labute approximate surface area is 121 Å². The van der Waals surface area contributed by atoms with E-state index in [9.17, 15) is 0 Å². The highest BCUT2D eigenvalue weighted by Gasteiger charge is 2.00. The van der Waals surface area contributed by atoms with Gasteiger partial charge in [0.05, 0.1) is 6.61 Å². The normalized spacial score (nSPS) is 10.3. The van der Waals surface area contributed by atoms with Gasteiger partial charge in [0.2, 0.25) is 0 Å². The van der Waals surface area contributed by atoms with Gasteiger partial charge in [0, 0.05) is 12.2 Å². The quantitative estimate of drug-likeness (QED) is 0.780. The van der Waals surface area contributed by atoms with Crippen molar-refractivity contribution in [3.05, 3.63) is 59.2 Å². The van der Waals surface area contributed by atoms with Crippen LogP contribution in [0.3, 0.4) is 0 Å². The molecule has 0 unspecified atom stereocenters. The van der Waals surface area contributed by atoms with E-state index in [4.69, 9.17) is 4.74 Å². The van der Waals surface area contributed by atoms with Gasteiger partial charge in [-0.1, -0.05) is 35.9 Å². The molecule has 106 valence electrons. The second kappa shape index (κ2) is 6.99. The number of rotatable bonds is 6. The number of ether oxygens (including phenoxy) is 1. The van der Waals surface area contributed by atoms with Crippen LogP contribution in [-0.4, -0.2) is 13.2 Å². The number of hydrogen-bond donors (Lipinski definition) is 1. The Morgan fingerprint density at radius 2 is 1.55 bits per heavy atom. The third-order valence-corrected chi connectivity index (χ3v) is 3.39. The predicted molar refractivity (Wildman–Crippen MR) is 85.7 cm³/mol. The van der Waals surface area contributed by atoms with E-state index >= 15 is 0 Å². The van der Waals surface area contributed by atoms with Crippen LogP contribution >= 0.6 is 0 Å². The first-order chi connectivity index (χ1) is 9.66. The molecule has 0 amide bonds. The highest BCUT2D eigenvalue weighted by atomic mass is 16.5. The maximum absolute atomic E-state index is 5.72. The molecule has 2 heteroatoms. The standard InChI is InChI=1S/C18H23NO/c1-14-8-10-17(11-9-14)20-13-5-12-19-18-15(2)6-4-7-16(18)3/h4,6-11,19H,5,12-13H2,1-3H3. The van der Waals surface area contributed by atoms with Gasteiger partial charge in [-0.05, 0) is 50.5 Å². The van der Waals surface area contributed by atoms with Gasteiger partial charge in [-0.3, -0.25) is 0 Å². The van der Waals surface area contributed by atoms with E-state index in [1.807, 2.05) is 12.1 Å². The maximum atomic E-state index is 5.72. The molecule has 2 aromatic rings. The van der Waals surface area contributed by atoms with Gasteiger partial charge in [0.25, 0.3) is 0 Å². The number of aryl methyl sites for hydroxylation is 3. The van der Waals surface area contributed by atoms with Crippen molar-refractivity contribution >= 4 is 5.69 Å². The zero-order valence-corrected chi connectivity index (χ0v) is 12.6. The Hall–Kier alpha value is -1.96. The minimum atomic E-state index is 0.737. The fraction of sp³-hybridized carbons (Fsp3) is 0.333. The van der Waals surface area contributed by atoms with Gasteiger partial charge in [-0.15, -0.1) is 0 Å². The average Bonchev–Trinajstić information content (AvgIpc) is 2.43. The van der Waals surface area contributed by atoms with Crippen LogP contribution in [-0.2, 0) is 0 Å². The van der Waals surface area contributed by atoms with Crippen LogP contribution in [0.15, 0.2) is 42.5 Å². The van der Waals surface area contributed by atoms with E-state index < -0.39 is 0 Å². The fourth-order valence-corrected chi connectivity index (χ4v) is 2.20. The Kier molecular flexibility index (Phi) is 5.05. The number of benzene rings is 2. The first kappa shape index (κ1) is 14.4. The second-order valence-electron chi connectivity index (χ2n) is 5.21. The van der Waals surface area contributed by atoms with E-state index in [0.29, 0.717) is 0 Å². The summed E-state index contributed by atoms with van der Waals surface area (Å²) in [6.45, 7) is 8.02. The topological polar surface area (TPSA) is 21.3 Å². The molecular formula is C18H23NO. The van der Waals surface area contributed by atoms with Crippen LogP contribution in [0.25, 0.3) is 0 Å². The molecule has 0 fully saturated rings. The molecule has 2 aromatic carbocycles. The van der Waals surface area contributed by atoms with Gasteiger partial charge in [-0.2, -0.15) is 0 Å². The summed E-state index contributed by atoms with van der Waals surface area (Å²) in [5.74, 6) is 0.947. The molecule has 0 atom stereocenters. The molecule has 20 heavy (non-hydrogen) atoms. The van der Waals surface area contributed by atoms with Gasteiger partial charge in [0.15, 0.2) is 0 Å². The third-order valence-electron chi connectivity index (χ3n) is 3.39. The Morgan fingerprint density at radius 1 is 0.900 bits per heavy atom. The highest BCUT2D eigenvalue weighted by Crippen LogP contribution is 2.19. The van der Waals surface area contributed by atoms with Crippen molar-refractivity contribution < 1.29 is 4.74 Å². The smallest absolute Gasteiger partial charge is 0.119 e. The first-order valence-electron chi connectivity index (χ1n) is 7.16. The average molecular weight is 269 g/mol. The van der Waals surface area contributed by atoms with Crippen molar-refractivity contribution in [2.75, 3.05) is 18.5 Å². The summed E-state index contributed by atoms with van der Waals surface area (Å²) in [6.07, 6.45) is 0.988. The Morgan fingerprint density at radius 3 is 2.20 bits per heavy atom. The Bertz CT molecular complexity index is 526. The highest BCUT2D eigenvalue weighted by molar-refractivity contribution is 5.56. The lowest BCUT2D eigenvalue weighted by Crippen LogP contribution is -2.09. The zero-order chi connectivity index (χ0) is 14.4. The molecule has 0 aliphatic rings. The molecule has 0 bridgehead atoms. The van der Waals surface area contributed by atoms with E-state index in [1.165, 1.54) is 22.4 Å². The summed E-state index contributed by atoms with van der Waals surface area (Å²) in [7, 11) is 0. The SMILES string of the molecule is Cc1ccc(OCCCNc2c(C)cccc2C)cc1. The second-order valence-corrected chi connectivity index (χ2v) is 5.21. The molecule has 0 aromatic heterocycles. The summed E-state index contributed by atoms with van der Waals surface area (Å²) in [5.41, 5.74) is 5.10. The van der Waals surface area contributed by atoms with Crippen LogP contribution in [0.4, 0.5) is 5.69 Å². The predicted octanol–water partition coefficient (Wildman–Crippen LogP) is 4.49. The summed E-state index contributed by atoms with van der Waals surface area (Å²) in [6, 6.07) is 14.6. The minimum Gasteiger partial charge on any atom is -0.494 e. The van der Waals surface area contributed by atoms with Crippen LogP contribution in [0.1, 0.15) is 23.1 Å². The van der Waals surface area contributed by atoms with Crippen molar-refractivity contribution in [3.8, 4) is 5.75 Å². The largest absolute Gasteiger partial charge is 0.494 e. The number of hydrogen-bond acceptors (Lipinski definition) is 2. The number of nitrogens with one attached hydrogen (secondary N) is 1. The zero-order valence-electron chi connectivity index (χ0n) is 12.6. The van der Waals surface area contributed by atoms with Crippen molar-refractivity contribution in [2.24, 2.45) is 0 Å². The molecular weight excluding hydrogens is 246 g/mol. The van der Waals surface area contributed by atoms with Crippen molar-refractivity contribution in [2.45, 2.75) is 27.2 Å². The third kappa shape index (κ3) is 4.02. The summed E-state index contributed by atoms with van der Waals surface area (Å²) in [4.78, 5) is 0. The van der Waals surface area contributed by atoms with Gasteiger partial charge < -0.3 is 10.1 Å². The van der Waals surface area contributed by atoms with Gasteiger partial charge in [0.1, 0.15) is 5.75 Å². The molecule has 0 radical (unpaired) electrons. The fourth-order valence-electron chi connectivity index (χ4n) is 2.20. The summed E-state index contributed by atoms with van der Waals surface area (Å²) >= 11 is 0. The van der Waals surface area contributed by atoms with Crippen LogP contribution < -0.4 is 10.1 Å². The van der Waals surface area contributed by atoms with E-state index in [0.717, 1.165) is 25.3 Å². The lowest BCUT2D eigenvalue weighted by molar-refractivity contribution is 0.315. The van der Waals surface area contributed by atoms with Crippen molar-refractivity contribution in [1.29, 1.82) is 0 Å². The van der Waals surface area contributed by atoms with E-state index in [1.54, 1.807) is 0 Å². The maximum Gasteiger partial charge on any atom is 0.119 e. The summed E-state index contributed by atoms with van der Waals surface area (Å²) < 4.78 is 5.72. The lowest BCUT2D eigenvalue weighted by Gasteiger charge is -2.12. The molecule has 0 saturated carbocycles. The molecule has 2 nitrogen and oxygen atoms in total. The summed E-state index contributed by atoms with van der Waals surface area (Å²) in [5, 5.41) is 3.50. The number of anilines is 1. The molecule has 0 spiro atoms. The molecule has 0 heterocycles. The molecule has 0 aliphatic carbocycles.